The molecule has 1 aromatic carbocycles. The van der Waals surface area contributed by atoms with Crippen molar-refractivity contribution in [3.05, 3.63) is 35.9 Å². The van der Waals surface area contributed by atoms with Gasteiger partial charge in [-0.15, -0.1) is 0 Å². The summed E-state index contributed by atoms with van der Waals surface area (Å²) in [7, 11) is 1.65. The third kappa shape index (κ3) is 2.17. The number of benzene rings is 1. The number of methoxy groups -OCH3 is 1. The van der Waals surface area contributed by atoms with E-state index in [4.69, 9.17) is 14.9 Å². The van der Waals surface area contributed by atoms with Gasteiger partial charge in [-0.3, -0.25) is 0 Å². The molecule has 4 heteroatoms. The van der Waals surface area contributed by atoms with Gasteiger partial charge in [0.1, 0.15) is 17.2 Å². The Kier molecular flexibility index (Phi) is 3.44. The maximum absolute atomic E-state index is 5.58. The van der Waals surface area contributed by atoms with Gasteiger partial charge in [0.15, 0.2) is 0 Å². The van der Waals surface area contributed by atoms with Crippen molar-refractivity contribution in [2.45, 2.75) is 19.9 Å². The first kappa shape index (κ1) is 11.7. The van der Waals surface area contributed by atoms with Gasteiger partial charge in [-0.05, 0) is 12.1 Å². The number of aromatic nitrogens is 1. The average molecular weight is 232 g/mol. The number of rotatable bonds is 4. The maximum Gasteiger partial charge on any atom is 0.208 e. The summed E-state index contributed by atoms with van der Waals surface area (Å²) in [5.41, 5.74) is 7.31. The van der Waals surface area contributed by atoms with Gasteiger partial charge in [-0.2, -0.15) is 0 Å². The highest BCUT2D eigenvalue weighted by Crippen LogP contribution is 2.32. The molecule has 0 saturated heterocycles. The molecule has 4 nitrogen and oxygen atoms in total. The van der Waals surface area contributed by atoms with Gasteiger partial charge in [-0.25, -0.2) is 4.98 Å². The highest BCUT2D eigenvalue weighted by atomic mass is 16.5. The van der Waals surface area contributed by atoms with Crippen LogP contribution in [0.15, 0.2) is 28.7 Å². The molecular weight excluding hydrogens is 216 g/mol. The van der Waals surface area contributed by atoms with Crippen LogP contribution in [0.5, 0.6) is 5.75 Å². The predicted molar refractivity (Wildman–Crippen MR) is 65.8 cm³/mol. The zero-order valence-corrected chi connectivity index (χ0v) is 10.1. The fraction of sp³-hybridized carbons (Fsp3) is 0.308. The minimum Gasteiger partial charge on any atom is -0.496 e. The Morgan fingerprint density at radius 2 is 2.12 bits per heavy atom. The Morgan fingerprint density at radius 3 is 2.76 bits per heavy atom. The highest BCUT2D eigenvalue weighted by Gasteiger charge is 2.15. The maximum atomic E-state index is 5.58. The number of ether oxygens (including phenoxy) is 1. The van der Waals surface area contributed by atoms with E-state index < -0.39 is 0 Å². The van der Waals surface area contributed by atoms with Crippen molar-refractivity contribution in [1.29, 1.82) is 0 Å². The van der Waals surface area contributed by atoms with E-state index in [2.05, 4.69) is 4.98 Å². The lowest BCUT2D eigenvalue weighted by atomic mass is 10.1. The van der Waals surface area contributed by atoms with Crippen LogP contribution in [0, 0.1) is 0 Å². The first-order chi connectivity index (χ1) is 8.30. The van der Waals surface area contributed by atoms with E-state index in [9.17, 15) is 0 Å². The van der Waals surface area contributed by atoms with Gasteiger partial charge in [0.05, 0.1) is 13.7 Å². The fourth-order valence-corrected chi connectivity index (χ4v) is 1.78. The summed E-state index contributed by atoms with van der Waals surface area (Å²) < 4.78 is 10.9. The molecular formula is C13H16N2O2. The molecule has 0 amide bonds. The van der Waals surface area contributed by atoms with E-state index in [1.54, 1.807) is 7.11 Å². The summed E-state index contributed by atoms with van der Waals surface area (Å²) in [6, 6.07) is 7.76. The quantitative estimate of drug-likeness (QED) is 0.879. The second-order valence-corrected chi connectivity index (χ2v) is 3.64. The molecule has 1 aromatic heterocycles. The van der Waals surface area contributed by atoms with Crippen LogP contribution in [0.4, 0.5) is 0 Å². The van der Waals surface area contributed by atoms with Crippen molar-refractivity contribution in [2.75, 3.05) is 7.11 Å². The Labute approximate surface area is 100 Å². The van der Waals surface area contributed by atoms with Crippen LogP contribution in [0.3, 0.4) is 0 Å². The Hall–Kier alpha value is -1.81. The molecule has 2 aromatic rings. The van der Waals surface area contributed by atoms with Crippen LogP contribution in [0.2, 0.25) is 0 Å². The molecule has 0 atom stereocenters. The van der Waals surface area contributed by atoms with Crippen molar-refractivity contribution in [3.8, 4) is 17.0 Å². The van der Waals surface area contributed by atoms with Crippen molar-refractivity contribution in [3.63, 3.8) is 0 Å². The molecule has 90 valence electrons. The predicted octanol–water partition coefficient (Wildman–Crippen LogP) is 2.37. The zero-order chi connectivity index (χ0) is 12.3. The molecule has 0 aliphatic carbocycles. The summed E-state index contributed by atoms with van der Waals surface area (Å²) in [6.07, 6.45) is 0.778. The van der Waals surface area contributed by atoms with Crippen LogP contribution >= 0.6 is 0 Å². The number of hydrogen-bond donors (Lipinski definition) is 1. The molecule has 0 radical (unpaired) electrons. The van der Waals surface area contributed by atoms with Gasteiger partial charge >= 0.3 is 0 Å². The van der Waals surface area contributed by atoms with Crippen molar-refractivity contribution < 1.29 is 9.15 Å². The molecule has 2 rings (SSSR count). The van der Waals surface area contributed by atoms with Crippen molar-refractivity contribution in [1.82, 2.24) is 4.98 Å². The lowest BCUT2D eigenvalue weighted by Crippen LogP contribution is -1.96. The van der Waals surface area contributed by atoms with Gasteiger partial charge in [0, 0.05) is 12.0 Å². The summed E-state index contributed by atoms with van der Waals surface area (Å²) in [4.78, 5) is 4.41. The zero-order valence-electron chi connectivity index (χ0n) is 10.1. The molecule has 2 N–H and O–H groups in total. The molecule has 0 aliphatic heterocycles. The van der Waals surface area contributed by atoms with Crippen molar-refractivity contribution >= 4 is 0 Å². The van der Waals surface area contributed by atoms with Crippen LogP contribution in [0.25, 0.3) is 11.3 Å². The van der Waals surface area contributed by atoms with E-state index >= 15 is 0 Å². The van der Waals surface area contributed by atoms with E-state index in [-0.39, 0.29) is 0 Å². The lowest BCUT2D eigenvalue weighted by molar-refractivity contribution is 0.416. The molecule has 0 bridgehead atoms. The SMILES string of the molecule is CCc1oc(CN)nc1-c1ccccc1OC. The molecule has 0 aliphatic rings. The Balaban J connectivity index is 2.54. The molecule has 0 fully saturated rings. The summed E-state index contributed by atoms with van der Waals surface area (Å²) in [6.45, 7) is 2.34. The number of para-hydroxylation sites is 1. The standard InChI is InChI=1S/C13H16N2O2/c1-3-10-13(15-12(8-14)17-10)9-6-4-5-7-11(9)16-2/h4-7H,3,8,14H2,1-2H3. The fourth-order valence-electron chi connectivity index (χ4n) is 1.78. The molecule has 1 heterocycles. The van der Waals surface area contributed by atoms with Gasteiger partial charge in [0.2, 0.25) is 5.89 Å². The largest absolute Gasteiger partial charge is 0.496 e. The summed E-state index contributed by atoms with van der Waals surface area (Å²) >= 11 is 0. The smallest absolute Gasteiger partial charge is 0.208 e. The van der Waals surface area contributed by atoms with Crippen LogP contribution in [-0.4, -0.2) is 12.1 Å². The Bertz CT molecular complexity index is 506. The summed E-state index contributed by atoms with van der Waals surface area (Å²) in [5.74, 6) is 2.19. The Morgan fingerprint density at radius 1 is 1.35 bits per heavy atom. The van der Waals surface area contributed by atoms with Crippen molar-refractivity contribution in [2.24, 2.45) is 5.73 Å². The minimum absolute atomic E-state index is 0.308. The first-order valence-corrected chi connectivity index (χ1v) is 5.62. The number of nitrogens with zero attached hydrogens (tertiary/aromatic N) is 1. The van der Waals surface area contributed by atoms with E-state index in [0.717, 1.165) is 29.2 Å². The minimum atomic E-state index is 0.308. The van der Waals surface area contributed by atoms with E-state index in [1.807, 2.05) is 31.2 Å². The number of nitrogens with two attached hydrogens (primary N) is 1. The van der Waals surface area contributed by atoms with E-state index in [1.165, 1.54) is 0 Å². The van der Waals surface area contributed by atoms with E-state index in [0.29, 0.717) is 12.4 Å². The molecule has 17 heavy (non-hydrogen) atoms. The number of hydrogen-bond acceptors (Lipinski definition) is 4. The average Bonchev–Trinajstić information content (AvgIpc) is 2.81. The van der Waals surface area contributed by atoms with Crippen LogP contribution in [0.1, 0.15) is 18.6 Å². The highest BCUT2D eigenvalue weighted by molar-refractivity contribution is 5.68. The second kappa shape index (κ2) is 5.01. The number of oxazole rings is 1. The molecule has 0 spiro atoms. The first-order valence-electron chi connectivity index (χ1n) is 5.62. The topological polar surface area (TPSA) is 61.3 Å². The summed E-state index contributed by atoms with van der Waals surface area (Å²) in [5, 5.41) is 0. The molecule has 0 unspecified atom stereocenters. The van der Waals surface area contributed by atoms with Crippen LogP contribution in [-0.2, 0) is 13.0 Å². The third-order valence-corrected chi connectivity index (χ3v) is 2.60. The number of aryl methyl sites for hydroxylation is 1. The second-order valence-electron chi connectivity index (χ2n) is 3.64. The third-order valence-electron chi connectivity index (χ3n) is 2.60. The molecule has 0 saturated carbocycles. The van der Waals surface area contributed by atoms with Crippen LogP contribution < -0.4 is 10.5 Å². The lowest BCUT2D eigenvalue weighted by Gasteiger charge is -2.05. The normalized spacial score (nSPS) is 10.5. The van der Waals surface area contributed by atoms with Gasteiger partial charge in [0.25, 0.3) is 0 Å². The van der Waals surface area contributed by atoms with Gasteiger partial charge < -0.3 is 14.9 Å². The monoisotopic (exact) mass is 232 g/mol. The van der Waals surface area contributed by atoms with Gasteiger partial charge in [-0.1, -0.05) is 19.1 Å².